The molecule has 1 amide bonds. The number of carbonyl (C=O) groups is 1. The van der Waals surface area contributed by atoms with Crippen molar-refractivity contribution in [2.75, 3.05) is 4.90 Å². The summed E-state index contributed by atoms with van der Waals surface area (Å²) in [5, 5.41) is 0.518. The van der Waals surface area contributed by atoms with Gasteiger partial charge in [0, 0.05) is 23.6 Å². The highest BCUT2D eigenvalue weighted by Gasteiger charge is 2.29. The van der Waals surface area contributed by atoms with Gasteiger partial charge in [0.05, 0.1) is 11.8 Å². The number of hydrogen-bond donors (Lipinski definition) is 0. The number of anilines is 1. The molecule has 3 aromatic carbocycles. The zero-order valence-electron chi connectivity index (χ0n) is 16.7. The Morgan fingerprint density at radius 2 is 1.55 bits per heavy atom. The summed E-state index contributed by atoms with van der Waals surface area (Å²) >= 11 is 6.23. The van der Waals surface area contributed by atoms with Crippen LogP contribution in [0.3, 0.4) is 0 Å². The van der Waals surface area contributed by atoms with Crippen molar-refractivity contribution in [2.45, 2.75) is 33.1 Å². The fraction of sp³-hybridized carbons (Fsp3) is 0.208. The third-order valence-corrected chi connectivity index (χ3v) is 4.45. The number of ether oxygens (including phenoxy) is 2. The minimum atomic E-state index is -0.604. The third-order valence-electron chi connectivity index (χ3n) is 4.21. The Balaban J connectivity index is 2.09. The maximum atomic E-state index is 12.8. The summed E-state index contributed by atoms with van der Waals surface area (Å²) in [6.07, 6.45) is -0.694. The number of benzene rings is 3. The Kier molecular flexibility index (Phi) is 6.91. The normalized spacial score (nSPS) is 11.9. The second-order valence-electron chi connectivity index (χ2n) is 6.86. The highest BCUT2D eigenvalue weighted by Crippen LogP contribution is 2.39. The number of carbonyl (C=O) groups excluding carboxylic acids is 1. The first-order valence-electron chi connectivity index (χ1n) is 9.48. The van der Waals surface area contributed by atoms with Gasteiger partial charge < -0.3 is 9.47 Å². The van der Waals surface area contributed by atoms with Crippen LogP contribution in [-0.2, 0) is 9.53 Å². The molecule has 3 aromatic rings. The van der Waals surface area contributed by atoms with Crippen molar-refractivity contribution >= 4 is 23.2 Å². The van der Waals surface area contributed by atoms with Crippen LogP contribution in [0.25, 0.3) is 0 Å². The molecule has 0 aliphatic carbocycles. The molecule has 1 unspecified atom stereocenters. The van der Waals surface area contributed by atoms with E-state index in [0.29, 0.717) is 22.2 Å². The summed E-state index contributed by atoms with van der Waals surface area (Å²) in [5.74, 6) is 0.965. The van der Waals surface area contributed by atoms with E-state index in [-0.39, 0.29) is 12.0 Å². The SMILES string of the molecule is CC(=O)N(c1ccc(Cl)cc1Oc1ccccc1)C(OC(C)C)c1ccccc1. The lowest BCUT2D eigenvalue weighted by molar-refractivity contribution is -0.120. The summed E-state index contributed by atoms with van der Waals surface area (Å²) in [4.78, 5) is 14.4. The minimum absolute atomic E-state index is 0.0900. The summed E-state index contributed by atoms with van der Waals surface area (Å²) < 4.78 is 12.2. The van der Waals surface area contributed by atoms with E-state index in [1.165, 1.54) is 6.92 Å². The van der Waals surface area contributed by atoms with Crippen LogP contribution in [0, 0.1) is 0 Å². The Labute approximate surface area is 176 Å². The Morgan fingerprint density at radius 3 is 2.14 bits per heavy atom. The lowest BCUT2D eigenvalue weighted by atomic mass is 10.1. The van der Waals surface area contributed by atoms with Crippen molar-refractivity contribution in [3.05, 3.63) is 89.4 Å². The van der Waals surface area contributed by atoms with Crippen LogP contribution in [-0.4, -0.2) is 12.0 Å². The van der Waals surface area contributed by atoms with Gasteiger partial charge in [-0.05, 0) is 38.1 Å². The van der Waals surface area contributed by atoms with Crippen LogP contribution < -0.4 is 9.64 Å². The average Bonchev–Trinajstić information content (AvgIpc) is 2.70. The monoisotopic (exact) mass is 409 g/mol. The molecule has 0 spiro atoms. The number of rotatable bonds is 7. The highest BCUT2D eigenvalue weighted by molar-refractivity contribution is 6.30. The molecule has 0 radical (unpaired) electrons. The van der Waals surface area contributed by atoms with E-state index in [1.807, 2.05) is 74.5 Å². The van der Waals surface area contributed by atoms with Crippen LogP contribution in [0.15, 0.2) is 78.9 Å². The second kappa shape index (κ2) is 9.59. The van der Waals surface area contributed by atoms with Crippen LogP contribution in [0.4, 0.5) is 5.69 Å². The zero-order chi connectivity index (χ0) is 20.8. The molecule has 0 fully saturated rings. The lowest BCUT2D eigenvalue weighted by Crippen LogP contribution is -2.36. The van der Waals surface area contributed by atoms with E-state index in [0.717, 1.165) is 5.56 Å². The summed E-state index contributed by atoms with van der Waals surface area (Å²) in [5.41, 5.74) is 1.46. The molecule has 0 aliphatic heterocycles. The van der Waals surface area contributed by atoms with E-state index in [2.05, 4.69) is 0 Å². The fourth-order valence-electron chi connectivity index (χ4n) is 3.01. The molecule has 0 aliphatic rings. The molecule has 3 rings (SSSR count). The topological polar surface area (TPSA) is 38.8 Å². The van der Waals surface area contributed by atoms with Crippen molar-refractivity contribution in [1.29, 1.82) is 0 Å². The van der Waals surface area contributed by atoms with Gasteiger partial charge in [0.1, 0.15) is 5.75 Å². The van der Waals surface area contributed by atoms with Gasteiger partial charge in [-0.15, -0.1) is 0 Å². The third kappa shape index (κ3) is 5.37. The van der Waals surface area contributed by atoms with Crippen molar-refractivity contribution in [3.8, 4) is 11.5 Å². The summed E-state index contributed by atoms with van der Waals surface area (Å²) in [6.45, 7) is 5.40. The quantitative estimate of drug-likeness (QED) is 0.412. The Bertz CT molecular complexity index is 945. The molecule has 0 bridgehead atoms. The average molecular weight is 410 g/mol. The lowest BCUT2D eigenvalue weighted by Gasteiger charge is -2.33. The molecule has 0 heterocycles. The first-order valence-corrected chi connectivity index (χ1v) is 9.86. The number of amides is 1. The molecule has 4 nitrogen and oxygen atoms in total. The largest absolute Gasteiger partial charge is 0.455 e. The van der Waals surface area contributed by atoms with Crippen LogP contribution in [0.5, 0.6) is 11.5 Å². The minimum Gasteiger partial charge on any atom is -0.455 e. The van der Waals surface area contributed by atoms with Crippen molar-refractivity contribution in [2.24, 2.45) is 0 Å². The van der Waals surface area contributed by atoms with E-state index in [9.17, 15) is 4.79 Å². The Hall–Kier alpha value is -2.82. The molecule has 0 aromatic heterocycles. The van der Waals surface area contributed by atoms with E-state index in [1.54, 1.807) is 23.1 Å². The molecule has 1 atom stereocenters. The van der Waals surface area contributed by atoms with Crippen molar-refractivity contribution in [3.63, 3.8) is 0 Å². The van der Waals surface area contributed by atoms with Gasteiger partial charge in [0.2, 0.25) is 5.91 Å². The van der Waals surface area contributed by atoms with Crippen LogP contribution in [0.1, 0.15) is 32.6 Å². The van der Waals surface area contributed by atoms with Gasteiger partial charge in [-0.25, -0.2) is 0 Å². The van der Waals surface area contributed by atoms with Gasteiger partial charge in [0.25, 0.3) is 0 Å². The molecule has 0 saturated carbocycles. The van der Waals surface area contributed by atoms with E-state index >= 15 is 0 Å². The molecule has 150 valence electrons. The fourth-order valence-corrected chi connectivity index (χ4v) is 3.17. The number of hydrogen-bond acceptors (Lipinski definition) is 3. The van der Waals surface area contributed by atoms with Gasteiger partial charge in [-0.3, -0.25) is 9.69 Å². The summed E-state index contributed by atoms with van der Waals surface area (Å²) in [6, 6.07) is 24.3. The molecule has 0 saturated heterocycles. The standard InChI is InChI=1S/C24H24ClNO3/c1-17(2)28-24(19-10-6-4-7-11-19)26(18(3)27)22-15-14-20(25)16-23(22)29-21-12-8-5-9-13-21/h4-17,24H,1-3H3. The predicted octanol–water partition coefficient (Wildman–Crippen LogP) is 6.61. The first-order chi connectivity index (χ1) is 14.0. The maximum Gasteiger partial charge on any atom is 0.226 e. The van der Waals surface area contributed by atoms with Crippen LogP contribution in [0.2, 0.25) is 5.02 Å². The highest BCUT2D eigenvalue weighted by atomic mass is 35.5. The number of para-hydroxylation sites is 1. The van der Waals surface area contributed by atoms with Crippen LogP contribution >= 0.6 is 11.6 Å². The van der Waals surface area contributed by atoms with Gasteiger partial charge >= 0.3 is 0 Å². The summed E-state index contributed by atoms with van der Waals surface area (Å²) in [7, 11) is 0. The molecule has 0 N–H and O–H groups in total. The van der Waals surface area contributed by atoms with E-state index in [4.69, 9.17) is 21.1 Å². The predicted molar refractivity (Wildman–Crippen MR) is 117 cm³/mol. The van der Waals surface area contributed by atoms with Crippen molar-refractivity contribution < 1.29 is 14.3 Å². The number of halogens is 1. The zero-order valence-corrected chi connectivity index (χ0v) is 17.5. The smallest absolute Gasteiger partial charge is 0.226 e. The molecular weight excluding hydrogens is 386 g/mol. The second-order valence-corrected chi connectivity index (χ2v) is 7.30. The Morgan fingerprint density at radius 1 is 0.931 bits per heavy atom. The molecule has 5 heteroatoms. The number of nitrogens with zero attached hydrogens (tertiary/aromatic N) is 1. The van der Waals surface area contributed by atoms with Gasteiger partial charge in [0.15, 0.2) is 12.0 Å². The van der Waals surface area contributed by atoms with E-state index < -0.39 is 6.23 Å². The van der Waals surface area contributed by atoms with Gasteiger partial charge in [-0.2, -0.15) is 0 Å². The molecular formula is C24H24ClNO3. The van der Waals surface area contributed by atoms with Crippen molar-refractivity contribution in [1.82, 2.24) is 0 Å². The first kappa shape index (κ1) is 20.9. The maximum absolute atomic E-state index is 12.8. The molecule has 29 heavy (non-hydrogen) atoms. The van der Waals surface area contributed by atoms with Gasteiger partial charge in [-0.1, -0.05) is 60.1 Å².